The van der Waals surface area contributed by atoms with E-state index in [2.05, 4.69) is 5.32 Å². The summed E-state index contributed by atoms with van der Waals surface area (Å²) in [6.07, 6.45) is 0. The topological polar surface area (TPSA) is 41.5 Å². The van der Waals surface area contributed by atoms with E-state index < -0.39 is 5.82 Å². The maximum atomic E-state index is 13.0. The molecule has 2 rings (SSSR count). The first-order valence-corrected chi connectivity index (χ1v) is 6.89. The fraction of sp³-hybridized carbons (Fsp3) is 0.250. The van der Waals surface area contributed by atoms with E-state index in [4.69, 9.17) is 16.3 Å². The van der Waals surface area contributed by atoms with E-state index >= 15 is 0 Å². The molecule has 2 aromatic carbocycles. The number of hydrogen-bond donors (Lipinski definition) is 2. The molecule has 0 spiro atoms. The number of rotatable bonds is 4. The van der Waals surface area contributed by atoms with E-state index in [-0.39, 0.29) is 11.8 Å². The summed E-state index contributed by atoms with van der Waals surface area (Å²) in [7, 11) is 1.56. The van der Waals surface area contributed by atoms with Crippen molar-refractivity contribution < 1.29 is 14.2 Å². The maximum Gasteiger partial charge on any atom is 0.143 e. The fourth-order valence-electron chi connectivity index (χ4n) is 2.14. The van der Waals surface area contributed by atoms with Gasteiger partial charge in [0.05, 0.1) is 18.8 Å². The third-order valence-electron chi connectivity index (χ3n) is 3.31. The van der Waals surface area contributed by atoms with Gasteiger partial charge in [0.1, 0.15) is 17.3 Å². The third kappa shape index (κ3) is 3.39. The van der Waals surface area contributed by atoms with E-state index in [0.29, 0.717) is 16.3 Å². The molecule has 0 saturated carbocycles. The summed E-state index contributed by atoms with van der Waals surface area (Å²) in [6, 6.07) is 7.35. The molecule has 0 heterocycles. The number of aromatic hydroxyl groups is 1. The summed E-state index contributed by atoms with van der Waals surface area (Å²) in [5, 5.41) is 13.7. The molecule has 2 N–H and O–H groups in total. The Morgan fingerprint density at radius 2 is 2.00 bits per heavy atom. The zero-order valence-corrected chi connectivity index (χ0v) is 12.8. The van der Waals surface area contributed by atoms with Crippen molar-refractivity contribution in [2.45, 2.75) is 19.9 Å². The molecule has 0 aliphatic rings. The van der Waals surface area contributed by atoms with Gasteiger partial charge in [-0.15, -0.1) is 0 Å². The average Bonchev–Trinajstić information content (AvgIpc) is 2.42. The van der Waals surface area contributed by atoms with Crippen molar-refractivity contribution in [1.82, 2.24) is 0 Å². The summed E-state index contributed by atoms with van der Waals surface area (Å²) in [5.74, 6) is 0.0575. The highest BCUT2D eigenvalue weighted by Gasteiger charge is 2.14. The smallest absolute Gasteiger partial charge is 0.143 e. The lowest BCUT2D eigenvalue weighted by molar-refractivity contribution is 0.415. The predicted molar refractivity (Wildman–Crippen MR) is 82.8 cm³/mol. The van der Waals surface area contributed by atoms with Gasteiger partial charge in [0, 0.05) is 22.7 Å². The third-order valence-corrected chi connectivity index (χ3v) is 3.72. The lowest BCUT2D eigenvalue weighted by atomic mass is 10.1. The second-order valence-electron chi connectivity index (χ2n) is 4.87. The van der Waals surface area contributed by atoms with Gasteiger partial charge in [-0.2, -0.15) is 0 Å². The number of benzene rings is 2. The molecule has 2 aromatic rings. The molecule has 0 aliphatic heterocycles. The molecule has 21 heavy (non-hydrogen) atoms. The summed E-state index contributed by atoms with van der Waals surface area (Å²) in [6.45, 7) is 3.77. The molecule has 112 valence electrons. The molecule has 0 saturated heterocycles. The summed E-state index contributed by atoms with van der Waals surface area (Å²) in [5.41, 5.74) is 2.28. The quantitative estimate of drug-likeness (QED) is 0.862. The van der Waals surface area contributed by atoms with Crippen molar-refractivity contribution >= 4 is 17.3 Å². The van der Waals surface area contributed by atoms with Crippen LogP contribution in [0.4, 0.5) is 10.1 Å². The molecular weight excluding hydrogens is 293 g/mol. The number of ether oxygens (including phenoxy) is 1. The number of nitrogens with one attached hydrogen (secondary N) is 1. The number of anilines is 1. The molecule has 0 aromatic heterocycles. The minimum absolute atomic E-state index is 0.0837. The molecule has 5 heteroatoms. The van der Waals surface area contributed by atoms with Crippen LogP contribution in [-0.4, -0.2) is 12.2 Å². The normalized spacial score (nSPS) is 12.0. The molecule has 1 atom stereocenters. The number of halogens is 2. The Balaban J connectivity index is 2.31. The Hall–Kier alpha value is -1.94. The first kappa shape index (κ1) is 15.4. The zero-order chi connectivity index (χ0) is 15.6. The highest BCUT2D eigenvalue weighted by Crippen LogP contribution is 2.34. The molecular formula is C16H17ClFNO2. The first-order valence-electron chi connectivity index (χ1n) is 6.51. The van der Waals surface area contributed by atoms with E-state index in [1.807, 2.05) is 19.9 Å². The number of phenols is 1. The van der Waals surface area contributed by atoms with E-state index in [1.54, 1.807) is 19.2 Å². The predicted octanol–water partition coefficient (Wildman–Crippen LogP) is 4.67. The van der Waals surface area contributed by atoms with Crippen molar-refractivity contribution in [3.05, 3.63) is 52.3 Å². The van der Waals surface area contributed by atoms with Crippen molar-refractivity contribution in [3.63, 3.8) is 0 Å². The van der Waals surface area contributed by atoms with Gasteiger partial charge in [0.2, 0.25) is 0 Å². The van der Waals surface area contributed by atoms with Gasteiger partial charge in [-0.3, -0.25) is 0 Å². The monoisotopic (exact) mass is 309 g/mol. The standard InChI is InChI=1S/C16H17ClFNO2/c1-9-6-14(16(21-3)8-13(9)17)19-10(2)12-5-4-11(18)7-15(12)20/h4-8,10,19-20H,1-3H3. The minimum Gasteiger partial charge on any atom is -0.507 e. The number of aryl methyl sites for hydroxylation is 1. The van der Waals surface area contributed by atoms with Gasteiger partial charge in [-0.25, -0.2) is 4.39 Å². The summed E-state index contributed by atoms with van der Waals surface area (Å²) < 4.78 is 18.3. The molecule has 3 nitrogen and oxygen atoms in total. The second kappa shape index (κ2) is 6.22. The van der Waals surface area contributed by atoms with Crippen LogP contribution in [0.2, 0.25) is 5.02 Å². The molecule has 0 fully saturated rings. The lowest BCUT2D eigenvalue weighted by Crippen LogP contribution is -2.08. The lowest BCUT2D eigenvalue weighted by Gasteiger charge is -2.19. The van der Waals surface area contributed by atoms with Gasteiger partial charge >= 0.3 is 0 Å². The summed E-state index contributed by atoms with van der Waals surface area (Å²) in [4.78, 5) is 0. The zero-order valence-electron chi connectivity index (χ0n) is 12.1. The van der Waals surface area contributed by atoms with Crippen LogP contribution in [0.5, 0.6) is 11.5 Å². The van der Waals surface area contributed by atoms with Crippen LogP contribution in [-0.2, 0) is 0 Å². The minimum atomic E-state index is -0.469. The van der Waals surface area contributed by atoms with Crippen molar-refractivity contribution in [1.29, 1.82) is 0 Å². The molecule has 1 unspecified atom stereocenters. The molecule has 0 radical (unpaired) electrons. The van der Waals surface area contributed by atoms with Crippen molar-refractivity contribution in [2.24, 2.45) is 0 Å². The van der Waals surface area contributed by atoms with Crippen molar-refractivity contribution in [3.8, 4) is 11.5 Å². The fourth-order valence-corrected chi connectivity index (χ4v) is 2.29. The largest absolute Gasteiger partial charge is 0.507 e. The van der Waals surface area contributed by atoms with Crippen LogP contribution < -0.4 is 10.1 Å². The highest BCUT2D eigenvalue weighted by atomic mass is 35.5. The second-order valence-corrected chi connectivity index (χ2v) is 5.28. The highest BCUT2D eigenvalue weighted by molar-refractivity contribution is 6.31. The van der Waals surface area contributed by atoms with Crippen LogP contribution in [0.1, 0.15) is 24.1 Å². The Kier molecular flexibility index (Phi) is 4.58. The van der Waals surface area contributed by atoms with Gasteiger partial charge in [0.15, 0.2) is 0 Å². The average molecular weight is 310 g/mol. The molecule has 0 bridgehead atoms. The Morgan fingerprint density at radius 1 is 1.29 bits per heavy atom. The number of hydrogen-bond acceptors (Lipinski definition) is 3. The van der Waals surface area contributed by atoms with E-state index in [1.165, 1.54) is 6.07 Å². The van der Waals surface area contributed by atoms with Crippen LogP contribution in [0, 0.1) is 12.7 Å². The van der Waals surface area contributed by atoms with E-state index in [0.717, 1.165) is 17.3 Å². The van der Waals surface area contributed by atoms with Crippen LogP contribution >= 0.6 is 11.6 Å². The maximum absolute atomic E-state index is 13.0. The van der Waals surface area contributed by atoms with E-state index in [9.17, 15) is 9.50 Å². The Labute approximate surface area is 128 Å². The van der Waals surface area contributed by atoms with Crippen LogP contribution in [0.25, 0.3) is 0 Å². The summed E-state index contributed by atoms with van der Waals surface area (Å²) >= 11 is 6.07. The molecule has 0 aliphatic carbocycles. The van der Waals surface area contributed by atoms with Crippen LogP contribution in [0.3, 0.4) is 0 Å². The van der Waals surface area contributed by atoms with Gasteiger partial charge in [-0.1, -0.05) is 17.7 Å². The Morgan fingerprint density at radius 3 is 2.62 bits per heavy atom. The SMILES string of the molecule is COc1cc(Cl)c(C)cc1NC(C)c1ccc(F)cc1O. The van der Waals surface area contributed by atoms with Crippen LogP contribution in [0.15, 0.2) is 30.3 Å². The van der Waals surface area contributed by atoms with Gasteiger partial charge < -0.3 is 15.2 Å². The first-order chi connectivity index (χ1) is 9.92. The molecule has 0 amide bonds. The Bertz CT molecular complexity index is 661. The number of phenolic OH excluding ortho intramolecular Hbond substituents is 1. The van der Waals surface area contributed by atoms with Gasteiger partial charge in [-0.05, 0) is 31.5 Å². The number of methoxy groups -OCH3 is 1. The van der Waals surface area contributed by atoms with Gasteiger partial charge in [0.25, 0.3) is 0 Å². The van der Waals surface area contributed by atoms with Crippen molar-refractivity contribution in [2.75, 3.05) is 12.4 Å².